The van der Waals surface area contributed by atoms with Gasteiger partial charge in [-0.05, 0) is 17.7 Å². The fraction of sp³-hybridized carbons (Fsp3) is 0.133. The molecule has 3 nitrogen and oxygen atoms in total. The van der Waals surface area contributed by atoms with Gasteiger partial charge in [0.2, 0.25) is 3.79 Å². The first-order valence-electron chi connectivity index (χ1n) is 5.75. The summed E-state index contributed by atoms with van der Waals surface area (Å²) >= 11 is 1.74. The summed E-state index contributed by atoms with van der Waals surface area (Å²) in [6.45, 7) is 0.488. The van der Waals surface area contributed by atoms with Crippen molar-refractivity contribution in [3.05, 3.63) is 59.7 Å². The number of carbonyl (C=O) groups excluding carboxylic acids is 1. The third-order valence-electron chi connectivity index (χ3n) is 2.63. The minimum Gasteiger partial charge on any atom is -0.496 e. The molecule has 0 atom stereocenters. The summed E-state index contributed by atoms with van der Waals surface area (Å²) < 4.78 is 10.8. The van der Waals surface area contributed by atoms with Crippen molar-refractivity contribution < 1.29 is 14.3 Å². The van der Waals surface area contributed by atoms with Crippen LogP contribution in [0.1, 0.15) is 15.9 Å². The summed E-state index contributed by atoms with van der Waals surface area (Å²) in [5.74, 6) is 1.21. The molecule has 2 rings (SSSR count). The molecule has 0 aliphatic heterocycles. The summed E-state index contributed by atoms with van der Waals surface area (Å²) in [4.78, 5) is 11.4. The zero-order chi connectivity index (χ0) is 13.7. The monoisotopic (exact) mass is 368 g/mol. The maximum Gasteiger partial charge on any atom is 0.226 e. The highest BCUT2D eigenvalue weighted by Crippen LogP contribution is 2.27. The van der Waals surface area contributed by atoms with E-state index in [2.05, 4.69) is 0 Å². The Labute approximate surface area is 125 Å². The van der Waals surface area contributed by atoms with Crippen LogP contribution in [0.2, 0.25) is 0 Å². The number of hydrogen-bond acceptors (Lipinski definition) is 3. The Hall–Kier alpha value is -1.56. The minimum absolute atomic E-state index is 0.0518. The lowest BCUT2D eigenvalue weighted by Gasteiger charge is -2.10. The smallest absolute Gasteiger partial charge is 0.226 e. The van der Waals surface area contributed by atoms with Gasteiger partial charge in [-0.1, -0.05) is 30.3 Å². The predicted octanol–water partition coefficient (Wildman–Crippen LogP) is 3.85. The van der Waals surface area contributed by atoms with Gasteiger partial charge >= 0.3 is 0 Å². The molecular formula is C15H13IO3. The van der Waals surface area contributed by atoms with Crippen LogP contribution in [0.15, 0.2) is 48.5 Å². The Balaban J connectivity index is 2.11. The van der Waals surface area contributed by atoms with Crippen LogP contribution in [-0.2, 0) is 6.61 Å². The number of hydrogen-bond donors (Lipinski definition) is 0. The van der Waals surface area contributed by atoms with Gasteiger partial charge in [-0.3, -0.25) is 4.79 Å². The molecule has 4 heteroatoms. The third kappa shape index (κ3) is 3.70. The Kier molecular flexibility index (Phi) is 4.79. The number of methoxy groups -OCH3 is 1. The van der Waals surface area contributed by atoms with Crippen LogP contribution in [0.5, 0.6) is 11.5 Å². The highest BCUT2D eigenvalue weighted by Gasteiger charge is 2.10. The zero-order valence-corrected chi connectivity index (χ0v) is 12.6. The fourth-order valence-electron chi connectivity index (χ4n) is 1.66. The first-order valence-corrected chi connectivity index (χ1v) is 6.83. The molecule has 0 heterocycles. The molecule has 0 amide bonds. The second-order valence-electron chi connectivity index (χ2n) is 3.91. The highest BCUT2D eigenvalue weighted by atomic mass is 127. The van der Waals surface area contributed by atoms with Gasteiger partial charge in [0, 0.05) is 28.7 Å². The Morgan fingerprint density at radius 3 is 2.53 bits per heavy atom. The molecule has 0 radical (unpaired) electrons. The number of benzene rings is 2. The molecule has 0 aromatic heterocycles. The Morgan fingerprint density at radius 2 is 1.89 bits per heavy atom. The standard InChI is InChI=1S/C15H13IO3/c1-18-14-9-12(7-8-13(14)15(16)17)19-10-11-5-3-2-4-6-11/h2-9H,10H2,1H3. The minimum atomic E-state index is -0.0518. The molecule has 2 aromatic rings. The lowest BCUT2D eigenvalue weighted by molar-refractivity contribution is 0.110. The van der Waals surface area contributed by atoms with Gasteiger partial charge in [-0.25, -0.2) is 0 Å². The quantitative estimate of drug-likeness (QED) is 0.594. The van der Waals surface area contributed by atoms with Crippen LogP contribution < -0.4 is 9.47 Å². The maximum absolute atomic E-state index is 11.4. The first-order chi connectivity index (χ1) is 9.20. The van der Waals surface area contributed by atoms with E-state index >= 15 is 0 Å². The van der Waals surface area contributed by atoms with Crippen molar-refractivity contribution in [2.24, 2.45) is 0 Å². The van der Waals surface area contributed by atoms with Gasteiger partial charge in [0.25, 0.3) is 0 Å². The average molecular weight is 368 g/mol. The Bertz CT molecular complexity index is 567. The summed E-state index contributed by atoms with van der Waals surface area (Å²) in [5.41, 5.74) is 1.64. The van der Waals surface area contributed by atoms with Gasteiger partial charge in [-0.15, -0.1) is 0 Å². The van der Waals surface area contributed by atoms with E-state index in [1.54, 1.807) is 47.9 Å². The lowest BCUT2D eigenvalue weighted by atomic mass is 10.2. The van der Waals surface area contributed by atoms with Crippen molar-refractivity contribution in [2.45, 2.75) is 6.61 Å². The van der Waals surface area contributed by atoms with E-state index in [4.69, 9.17) is 9.47 Å². The van der Waals surface area contributed by atoms with Gasteiger partial charge in [0.05, 0.1) is 12.7 Å². The number of carbonyl (C=O) groups is 1. The van der Waals surface area contributed by atoms with Crippen molar-refractivity contribution in [1.29, 1.82) is 0 Å². The van der Waals surface area contributed by atoms with Gasteiger partial charge in [0.15, 0.2) is 0 Å². The SMILES string of the molecule is COc1cc(OCc2ccccc2)ccc1C(=O)I. The van der Waals surface area contributed by atoms with E-state index in [9.17, 15) is 4.79 Å². The molecule has 0 spiro atoms. The molecule has 0 N–H and O–H groups in total. The summed E-state index contributed by atoms with van der Waals surface area (Å²) in [7, 11) is 1.54. The van der Waals surface area contributed by atoms with Gasteiger partial charge < -0.3 is 9.47 Å². The van der Waals surface area contributed by atoms with Gasteiger partial charge in [0.1, 0.15) is 18.1 Å². The zero-order valence-electron chi connectivity index (χ0n) is 10.4. The number of halogens is 1. The van der Waals surface area contributed by atoms with Crippen LogP contribution in [0, 0.1) is 0 Å². The Morgan fingerprint density at radius 1 is 1.16 bits per heavy atom. The van der Waals surface area contributed by atoms with Crippen molar-refractivity contribution in [3.63, 3.8) is 0 Å². The molecule has 0 saturated heterocycles. The molecule has 0 aliphatic rings. The van der Waals surface area contributed by atoms with Crippen molar-refractivity contribution in [3.8, 4) is 11.5 Å². The summed E-state index contributed by atoms with van der Waals surface area (Å²) in [5, 5.41) is 0. The van der Waals surface area contributed by atoms with Crippen molar-refractivity contribution in [2.75, 3.05) is 7.11 Å². The molecule has 98 valence electrons. The molecule has 0 aliphatic carbocycles. The number of ether oxygens (including phenoxy) is 2. The van der Waals surface area contributed by atoms with Gasteiger partial charge in [-0.2, -0.15) is 0 Å². The van der Waals surface area contributed by atoms with E-state index in [1.807, 2.05) is 30.3 Å². The van der Waals surface area contributed by atoms with Crippen molar-refractivity contribution >= 4 is 26.4 Å². The van der Waals surface area contributed by atoms with E-state index in [-0.39, 0.29) is 3.79 Å². The van der Waals surface area contributed by atoms with Crippen LogP contribution in [0.25, 0.3) is 0 Å². The van der Waals surface area contributed by atoms with Crippen LogP contribution >= 0.6 is 22.6 Å². The molecule has 0 fully saturated rings. The average Bonchev–Trinajstić information content (AvgIpc) is 2.45. The largest absolute Gasteiger partial charge is 0.496 e. The topological polar surface area (TPSA) is 35.5 Å². The summed E-state index contributed by atoms with van der Waals surface area (Å²) in [6.07, 6.45) is 0. The highest BCUT2D eigenvalue weighted by molar-refractivity contribution is 14.1. The number of rotatable bonds is 5. The normalized spacial score (nSPS) is 10.0. The molecule has 0 saturated carbocycles. The molecular weight excluding hydrogens is 355 g/mol. The molecule has 2 aromatic carbocycles. The van der Waals surface area contributed by atoms with Crippen LogP contribution in [0.4, 0.5) is 0 Å². The maximum atomic E-state index is 11.4. The molecule has 19 heavy (non-hydrogen) atoms. The van der Waals surface area contributed by atoms with E-state index in [0.29, 0.717) is 23.7 Å². The summed E-state index contributed by atoms with van der Waals surface area (Å²) in [6, 6.07) is 15.1. The fourth-order valence-corrected chi connectivity index (χ4v) is 2.11. The van der Waals surface area contributed by atoms with Crippen molar-refractivity contribution in [1.82, 2.24) is 0 Å². The van der Waals surface area contributed by atoms with Crippen LogP contribution in [0.3, 0.4) is 0 Å². The first kappa shape index (κ1) is 13.9. The predicted molar refractivity (Wildman–Crippen MR) is 82.1 cm³/mol. The molecule has 0 unspecified atom stereocenters. The van der Waals surface area contributed by atoms with E-state index in [0.717, 1.165) is 5.56 Å². The second-order valence-corrected chi connectivity index (χ2v) is 4.89. The van der Waals surface area contributed by atoms with E-state index in [1.165, 1.54) is 0 Å². The van der Waals surface area contributed by atoms with E-state index < -0.39 is 0 Å². The molecule has 0 bridgehead atoms. The van der Waals surface area contributed by atoms with Crippen LogP contribution in [-0.4, -0.2) is 10.9 Å². The second kappa shape index (κ2) is 6.56. The third-order valence-corrected chi connectivity index (χ3v) is 3.21. The lowest BCUT2D eigenvalue weighted by Crippen LogP contribution is -1.98.